The summed E-state index contributed by atoms with van der Waals surface area (Å²) in [6.07, 6.45) is 2.10. The summed E-state index contributed by atoms with van der Waals surface area (Å²) in [6, 6.07) is 3.08. The zero-order chi connectivity index (χ0) is 13.1. The third kappa shape index (κ3) is 3.56. The Hall–Kier alpha value is -0.390. The van der Waals surface area contributed by atoms with E-state index in [0.717, 1.165) is 30.4 Å². The molecule has 0 saturated carbocycles. The molecule has 3 nitrogen and oxygen atoms in total. The lowest BCUT2D eigenvalue weighted by Gasteiger charge is -2.33. The molecule has 0 aliphatic carbocycles. The topological polar surface area (TPSA) is 32.3 Å². The molecule has 0 aromatic carbocycles. The molecule has 1 saturated heterocycles. The van der Waals surface area contributed by atoms with Gasteiger partial charge in [0, 0.05) is 46.8 Å². The predicted molar refractivity (Wildman–Crippen MR) is 78.8 cm³/mol. The van der Waals surface area contributed by atoms with Gasteiger partial charge in [-0.25, -0.2) is 0 Å². The lowest BCUT2D eigenvalue weighted by Crippen LogP contribution is -2.44. The van der Waals surface area contributed by atoms with Crippen molar-refractivity contribution in [1.82, 2.24) is 10.2 Å². The van der Waals surface area contributed by atoms with Gasteiger partial charge in [0.05, 0.1) is 0 Å². The minimum atomic E-state index is 0.198. The number of halogens is 1. The zero-order valence-electron chi connectivity index (χ0n) is 10.8. The first-order chi connectivity index (χ1) is 8.56. The van der Waals surface area contributed by atoms with Gasteiger partial charge < -0.3 is 10.2 Å². The Kier molecular flexibility index (Phi) is 4.81. The van der Waals surface area contributed by atoms with Crippen molar-refractivity contribution in [2.45, 2.75) is 38.8 Å². The maximum atomic E-state index is 11.3. The van der Waals surface area contributed by atoms with Gasteiger partial charge in [0.1, 0.15) is 0 Å². The average molecular weight is 331 g/mol. The van der Waals surface area contributed by atoms with Crippen molar-refractivity contribution in [2.24, 2.45) is 0 Å². The predicted octanol–water partition coefficient (Wildman–Crippen LogP) is 3.17. The van der Waals surface area contributed by atoms with E-state index in [1.807, 2.05) is 4.90 Å². The van der Waals surface area contributed by atoms with Crippen molar-refractivity contribution < 1.29 is 4.79 Å². The van der Waals surface area contributed by atoms with Gasteiger partial charge >= 0.3 is 0 Å². The van der Waals surface area contributed by atoms with Gasteiger partial charge in [0.15, 0.2) is 0 Å². The maximum Gasteiger partial charge on any atom is 0.219 e. The second-order valence-corrected chi connectivity index (χ2v) is 6.69. The van der Waals surface area contributed by atoms with Crippen LogP contribution in [-0.4, -0.2) is 29.9 Å². The van der Waals surface area contributed by atoms with Crippen molar-refractivity contribution in [1.29, 1.82) is 0 Å². The van der Waals surface area contributed by atoms with E-state index in [1.54, 1.807) is 18.3 Å². The molecule has 1 aromatic rings. The van der Waals surface area contributed by atoms with Gasteiger partial charge in [-0.3, -0.25) is 4.79 Å². The van der Waals surface area contributed by atoms with Crippen LogP contribution >= 0.6 is 27.3 Å². The summed E-state index contributed by atoms with van der Waals surface area (Å²) in [7, 11) is 0. The number of carbonyl (C=O) groups excluding carboxylic acids is 1. The van der Waals surface area contributed by atoms with Gasteiger partial charge in [-0.1, -0.05) is 0 Å². The summed E-state index contributed by atoms with van der Waals surface area (Å²) >= 11 is 5.27. The van der Waals surface area contributed by atoms with Crippen molar-refractivity contribution in [3.8, 4) is 0 Å². The number of amides is 1. The van der Waals surface area contributed by atoms with Crippen LogP contribution in [0, 0.1) is 0 Å². The minimum absolute atomic E-state index is 0.198. The van der Waals surface area contributed by atoms with Crippen LogP contribution in [0.3, 0.4) is 0 Å². The van der Waals surface area contributed by atoms with Crippen LogP contribution in [0.2, 0.25) is 0 Å². The smallest absolute Gasteiger partial charge is 0.219 e. The van der Waals surface area contributed by atoms with E-state index in [9.17, 15) is 4.79 Å². The Balaban J connectivity index is 1.83. The van der Waals surface area contributed by atoms with Crippen molar-refractivity contribution >= 4 is 33.2 Å². The van der Waals surface area contributed by atoms with Crippen molar-refractivity contribution in [2.75, 3.05) is 13.1 Å². The molecule has 1 aliphatic heterocycles. The fourth-order valence-corrected chi connectivity index (χ4v) is 3.81. The number of piperidine rings is 1. The highest BCUT2D eigenvalue weighted by atomic mass is 79.9. The summed E-state index contributed by atoms with van der Waals surface area (Å²) in [5.41, 5.74) is 0. The molecule has 2 rings (SSSR count). The monoisotopic (exact) mass is 330 g/mol. The first-order valence-electron chi connectivity index (χ1n) is 6.31. The van der Waals surface area contributed by atoms with Crippen LogP contribution in [0.15, 0.2) is 15.9 Å². The van der Waals surface area contributed by atoms with E-state index in [2.05, 4.69) is 39.6 Å². The van der Waals surface area contributed by atoms with Gasteiger partial charge in [0.25, 0.3) is 0 Å². The lowest BCUT2D eigenvalue weighted by molar-refractivity contribution is -0.129. The molecular weight excluding hydrogens is 312 g/mol. The summed E-state index contributed by atoms with van der Waals surface area (Å²) < 4.78 is 1.16. The normalized spacial score (nSPS) is 18.9. The first-order valence-corrected chi connectivity index (χ1v) is 7.99. The molecular formula is C13H19BrN2OS. The SMILES string of the molecule is CC(=O)N1CCC(NC(C)c2cc(Br)cs2)CC1. The maximum absolute atomic E-state index is 11.3. The molecule has 0 spiro atoms. The number of nitrogens with zero attached hydrogens (tertiary/aromatic N) is 1. The highest BCUT2D eigenvalue weighted by Crippen LogP contribution is 2.26. The molecule has 100 valence electrons. The van der Waals surface area contributed by atoms with Gasteiger partial charge in [-0.2, -0.15) is 0 Å². The molecule has 5 heteroatoms. The second-order valence-electron chi connectivity index (χ2n) is 4.84. The van der Waals surface area contributed by atoms with Gasteiger partial charge in [-0.15, -0.1) is 11.3 Å². The third-order valence-electron chi connectivity index (χ3n) is 3.44. The molecule has 1 aliphatic rings. The molecule has 0 bridgehead atoms. The van der Waals surface area contributed by atoms with Crippen LogP contribution < -0.4 is 5.32 Å². The first kappa shape index (κ1) is 14.0. The van der Waals surface area contributed by atoms with E-state index >= 15 is 0 Å². The highest BCUT2D eigenvalue weighted by molar-refractivity contribution is 9.10. The number of nitrogens with one attached hydrogen (secondary N) is 1. The highest BCUT2D eigenvalue weighted by Gasteiger charge is 2.22. The van der Waals surface area contributed by atoms with Crippen LogP contribution in [0.5, 0.6) is 0 Å². The average Bonchev–Trinajstić information content (AvgIpc) is 2.76. The van der Waals surface area contributed by atoms with E-state index in [-0.39, 0.29) is 5.91 Å². The Bertz CT molecular complexity index is 413. The minimum Gasteiger partial charge on any atom is -0.343 e. The van der Waals surface area contributed by atoms with E-state index in [4.69, 9.17) is 0 Å². The molecule has 1 fully saturated rings. The molecule has 1 atom stereocenters. The third-order valence-corrected chi connectivity index (χ3v) is 5.32. The molecule has 2 heterocycles. The molecule has 1 N–H and O–H groups in total. The summed E-state index contributed by atoms with van der Waals surface area (Å²) in [6.45, 7) is 5.62. The van der Waals surface area contributed by atoms with Crippen LogP contribution in [0.1, 0.15) is 37.6 Å². The standard InChI is InChI=1S/C13H19BrN2OS/c1-9(13-7-11(14)8-18-13)15-12-3-5-16(6-4-12)10(2)17/h7-9,12,15H,3-6H2,1-2H3. The number of carbonyl (C=O) groups is 1. The number of thiophene rings is 1. The molecule has 0 radical (unpaired) electrons. The van der Waals surface area contributed by atoms with Gasteiger partial charge in [0.2, 0.25) is 5.91 Å². The van der Waals surface area contributed by atoms with Crippen LogP contribution in [-0.2, 0) is 4.79 Å². The Morgan fingerprint density at radius 3 is 2.72 bits per heavy atom. The summed E-state index contributed by atoms with van der Waals surface area (Å²) in [5, 5.41) is 5.78. The zero-order valence-corrected chi connectivity index (χ0v) is 13.2. The summed E-state index contributed by atoms with van der Waals surface area (Å²) in [4.78, 5) is 14.5. The molecule has 1 amide bonds. The van der Waals surface area contributed by atoms with Crippen LogP contribution in [0.4, 0.5) is 0 Å². The van der Waals surface area contributed by atoms with E-state index in [1.165, 1.54) is 4.88 Å². The van der Waals surface area contributed by atoms with Crippen molar-refractivity contribution in [3.63, 3.8) is 0 Å². The number of hydrogen-bond acceptors (Lipinski definition) is 3. The van der Waals surface area contributed by atoms with Crippen LogP contribution in [0.25, 0.3) is 0 Å². The quantitative estimate of drug-likeness (QED) is 0.923. The Labute approximate surface area is 121 Å². The number of hydrogen-bond donors (Lipinski definition) is 1. The van der Waals surface area contributed by atoms with Crippen molar-refractivity contribution in [3.05, 3.63) is 20.8 Å². The molecule has 1 aromatic heterocycles. The lowest BCUT2D eigenvalue weighted by atomic mass is 10.0. The fraction of sp³-hybridized carbons (Fsp3) is 0.615. The second kappa shape index (κ2) is 6.17. The number of likely N-dealkylation sites (tertiary alicyclic amines) is 1. The largest absolute Gasteiger partial charge is 0.343 e. The number of rotatable bonds is 3. The molecule has 18 heavy (non-hydrogen) atoms. The summed E-state index contributed by atoms with van der Waals surface area (Å²) in [5.74, 6) is 0.198. The van der Waals surface area contributed by atoms with E-state index < -0.39 is 0 Å². The van der Waals surface area contributed by atoms with E-state index in [0.29, 0.717) is 12.1 Å². The molecule has 1 unspecified atom stereocenters. The Morgan fingerprint density at radius 1 is 1.56 bits per heavy atom. The fourth-order valence-electron chi connectivity index (χ4n) is 2.35. The van der Waals surface area contributed by atoms with Gasteiger partial charge in [-0.05, 0) is 41.8 Å². The Morgan fingerprint density at radius 2 is 2.22 bits per heavy atom.